The number of nitro benzene ring substituents is 1. The average molecular weight is 368 g/mol. The first-order valence-electron chi connectivity index (χ1n) is 6.68. The van der Waals surface area contributed by atoms with Crippen molar-refractivity contribution in [2.75, 3.05) is 0 Å². The number of hydrogen-bond donors (Lipinski definition) is 0. The van der Waals surface area contributed by atoms with Gasteiger partial charge in [-0.1, -0.05) is 6.07 Å². The molecule has 1 aromatic heterocycles. The maximum Gasteiger partial charge on any atom is 0.453 e. The van der Waals surface area contributed by atoms with Crippen LogP contribution in [-0.2, 0) is 19.1 Å². The number of benzene rings is 1. The second-order valence-electron chi connectivity index (χ2n) is 5.18. The normalized spacial score (nSPS) is 12.4. The highest BCUT2D eigenvalue weighted by atomic mass is 19.4. The van der Waals surface area contributed by atoms with Crippen molar-refractivity contribution in [1.82, 2.24) is 14.8 Å². The summed E-state index contributed by atoms with van der Waals surface area (Å²) in [5.41, 5.74) is 0.259. The highest BCUT2D eigenvalue weighted by Gasteiger charge is 2.39. The van der Waals surface area contributed by atoms with Crippen molar-refractivity contribution in [3.05, 3.63) is 51.1 Å². The van der Waals surface area contributed by atoms with Crippen molar-refractivity contribution in [1.29, 1.82) is 0 Å². The molecule has 0 saturated carbocycles. The fraction of sp³-hybridized carbons (Fsp3) is 0.385. The Kier molecular flexibility index (Phi) is 4.73. The minimum atomic E-state index is -4.99. The van der Waals surface area contributed by atoms with Gasteiger partial charge in [0.15, 0.2) is 0 Å². The molecule has 0 aliphatic heterocycles. The molecule has 0 aliphatic carbocycles. The molecule has 0 unspecified atom stereocenters. The summed E-state index contributed by atoms with van der Waals surface area (Å²) in [6, 6.07) is 3.65. The smallest absolute Gasteiger partial charge is 0.258 e. The van der Waals surface area contributed by atoms with Crippen LogP contribution in [-0.4, -0.2) is 25.9 Å². The fourth-order valence-electron chi connectivity index (χ4n) is 2.12. The van der Waals surface area contributed by atoms with Gasteiger partial charge in [-0.15, -0.1) is 5.10 Å². The zero-order chi connectivity index (χ0) is 19.0. The molecule has 0 aliphatic rings. The van der Waals surface area contributed by atoms with E-state index in [1.807, 2.05) is 0 Å². The highest BCUT2D eigenvalue weighted by molar-refractivity contribution is 5.41. The largest absolute Gasteiger partial charge is 0.453 e. The number of aryl methyl sites for hydroxylation is 1. The maximum absolute atomic E-state index is 12.7. The minimum Gasteiger partial charge on any atom is -0.258 e. The van der Waals surface area contributed by atoms with Crippen molar-refractivity contribution in [3.63, 3.8) is 0 Å². The van der Waals surface area contributed by atoms with E-state index in [2.05, 4.69) is 10.1 Å². The summed E-state index contributed by atoms with van der Waals surface area (Å²) in [5, 5.41) is 13.8. The van der Waals surface area contributed by atoms with Crippen LogP contribution < -0.4 is 0 Å². The molecule has 0 saturated heterocycles. The number of hydrogen-bond acceptors (Lipinski definition) is 4. The van der Waals surface area contributed by atoms with Crippen LogP contribution in [0.1, 0.15) is 22.8 Å². The fourth-order valence-corrected chi connectivity index (χ4v) is 2.12. The van der Waals surface area contributed by atoms with Gasteiger partial charge >= 0.3 is 12.4 Å². The van der Waals surface area contributed by atoms with Gasteiger partial charge in [-0.25, -0.2) is 9.67 Å². The third-order valence-corrected chi connectivity index (χ3v) is 3.15. The third kappa shape index (κ3) is 4.67. The van der Waals surface area contributed by atoms with Gasteiger partial charge in [0.1, 0.15) is 12.2 Å². The molecule has 0 radical (unpaired) electrons. The Morgan fingerprint density at radius 1 is 1.20 bits per heavy atom. The van der Waals surface area contributed by atoms with Crippen molar-refractivity contribution < 1.29 is 31.3 Å². The highest BCUT2D eigenvalue weighted by Crippen LogP contribution is 2.29. The van der Waals surface area contributed by atoms with E-state index in [4.69, 9.17) is 0 Å². The summed E-state index contributed by atoms with van der Waals surface area (Å²) in [4.78, 5) is 13.0. The lowest BCUT2D eigenvalue weighted by molar-refractivity contribution is -0.385. The van der Waals surface area contributed by atoms with Crippen LogP contribution in [0.3, 0.4) is 0 Å². The third-order valence-electron chi connectivity index (χ3n) is 3.15. The number of halogens is 6. The van der Waals surface area contributed by atoms with Crippen LogP contribution in [0.5, 0.6) is 0 Å². The van der Waals surface area contributed by atoms with Crippen molar-refractivity contribution in [2.24, 2.45) is 0 Å². The second-order valence-corrected chi connectivity index (χ2v) is 5.18. The quantitative estimate of drug-likeness (QED) is 0.469. The van der Waals surface area contributed by atoms with Gasteiger partial charge < -0.3 is 0 Å². The molecule has 2 aromatic rings. The first-order chi connectivity index (χ1) is 11.4. The predicted molar refractivity (Wildman–Crippen MR) is 71.7 cm³/mol. The number of alkyl halides is 6. The van der Waals surface area contributed by atoms with Gasteiger partial charge in [-0.05, 0) is 18.6 Å². The Morgan fingerprint density at radius 2 is 1.84 bits per heavy atom. The van der Waals surface area contributed by atoms with Gasteiger partial charge in [-0.3, -0.25) is 10.1 Å². The van der Waals surface area contributed by atoms with Crippen molar-refractivity contribution >= 4 is 5.69 Å². The van der Waals surface area contributed by atoms with Gasteiger partial charge in [0.05, 0.1) is 11.5 Å². The van der Waals surface area contributed by atoms with Gasteiger partial charge in [0.25, 0.3) is 11.5 Å². The van der Waals surface area contributed by atoms with Crippen molar-refractivity contribution in [3.8, 4) is 0 Å². The van der Waals surface area contributed by atoms with E-state index in [1.54, 1.807) is 0 Å². The SMILES string of the molecule is Cc1cc(Cn2nc(C(F)(F)F)nc2CC(F)(F)F)ccc1[N+](=O)[O-]. The summed E-state index contributed by atoms with van der Waals surface area (Å²) in [5.74, 6) is -2.57. The van der Waals surface area contributed by atoms with Crippen LogP contribution >= 0.6 is 0 Å². The molecule has 12 heteroatoms. The first kappa shape index (κ1) is 18.7. The molecule has 25 heavy (non-hydrogen) atoms. The summed E-state index contributed by atoms with van der Waals surface area (Å²) < 4.78 is 76.1. The van der Waals surface area contributed by atoms with Crippen LogP contribution in [0.4, 0.5) is 32.0 Å². The molecule has 6 nitrogen and oxygen atoms in total. The van der Waals surface area contributed by atoms with Crippen LogP contribution in [0.2, 0.25) is 0 Å². The molecule has 1 aromatic carbocycles. The topological polar surface area (TPSA) is 73.8 Å². The lowest BCUT2D eigenvalue weighted by Crippen LogP contribution is -2.17. The summed E-state index contributed by atoms with van der Waals surface area (Å²) >= 11 is 0. The molecule has 0 spiro atoms. The Hall–Kier alpha value is -2.66. The van der Waals surface area contributed by atoms with E-state index >= 15 is 0 Å². The molecule has 1 heterocycles. The first-order valence-corrected chi connectivity index (χ1v) is 6.68. The molecular formula is C13H10F6N4O2. The molecule has 2 rings (SSSR count). The van der Waals surface area contributed by atoms with Crippen LogP contribution in [0, 0.1) is 17.0 Å². The zero-order valence-corrected chi connectivity index (χ0v) is 12.5. The standard InChI is InChI=1S/C13H10F6N4O2/c1-7-4-8(2-3-9(7)23(24)25)6-22-10(5-12(14,15)16)20-11(21-22)13(17,18)19/h2-4H,5-6H2,1H3. The lowest BCUT2D eigenvalue weighted by Gasteiger charge is -2.09. The number of nitrogens with zero attached hydrogens (tertiary/aromatic N) is 4. The van der Waals surface area contributed by atoms with Gasteiger partial charge in [0, 0.05) is 11.6 Å². The van der Waals surface area contributed by atoms with Crippen LogP contribution in [0.15, 0.2) is 18.2 Å². The van der Waals surface area contributed by atoms with E-state index in [0.717, 1.165) is 6.07 Å². The Morgan fingerprint density at radius 3 is 2.32 bits per heavy atom. The number of rotatable bonds is 4. The molecule has 0 bridgehead atoms. The van der Waals surface area contributed by atoms with Crippen molar-refractivity contribution in [2.45, 2.75) is 32.2 Å². The van der Waals surface area contributed by atoms with E-state index in [0.29, 0.717) is 4.68 Å². The molecular weight excluding hydrogens is 358 g/mol. The maximum atomic E-state index is 12.7. The summed E-state index contributed by atoms with van der Waals surface area (Å²) in [6.45, 7) is 0.966. The molecule has 0 amide bonds. The zero-order valence-electron chi connectivity index (χ0n) is 12.5. The Bertz CT molecular complexity index is 797. The van der Waals surface area contributed by atoms with Gasteiger partial charge in [-0.2, -0.15) is 26.3 Å². The molecule has 0 N–H and O–H groups in total. The van der Waals surface area contributed by atoms with E-state index in [-0.39, 0.29) is 16.8 Å². The van der Waals surface area contributed by atoms with E-state index < -0.39 is 41.9 Å². The Balaban J connectivity index is 2.39. The van der Waals surface area contributed by atoms with Gasteiger partial charge in [0.2, 0.25) is 0 Å². The average Bonchev–Trinajstić information content (AvgIpc) is 2.79. The summed E-state index contributed by atoms with van der Waals surface area (Å²) in [7, 11) is 0. The monoisotopic (exact) mass is 368 g/mol. The van der Waals surface area contributed by atoms with E-state index in [1.165, 1.54) is 19.1 Å². The van der Waals surface area contributed by atoms with E-state index in [9.17, 15) is 36.5 Å². The predicted octanol–water partition coefficient (Wildman–Crippen LogP) is 3.67. The number of nitro groups is 1. The summed E-state index contributed by atoms with van der Waals surface area (Å²) in [6.07, 6.45) is -11.4. The molecule has 0 atom stereocenters. The minimum absolute atomic E-state index is 0.214. The molecule has 0 fully saturated rings. The second kappa shape index (κ2) is 6.33. The number of aromatic nitrogens is 3. The lowest BCUT2D eigenvalue weighted by atomic mass is 10.1. The molecule has 136 valence electrons. The van der Waals surface area contributed by atoms with Crippen LogP contribution in [0.25, 0.3) is 0 Å². The Labute approximate surface area is 136 Å².